The summed E-state index contributed by atoms with van der Waals surface area (Å²) >= 11 is 1.94. The normalized spacial score (nSPS) is 15.3. The molecule has 0 atom stereocenters. The second-order valence-corrected chi connectivity index (χ2v) is 6.63. The van der Waals surface area contributed by atoms with Crippen LogP contribution in [-0.2, 0) is 6.54 Å². The van der Waals surface area contributed by atoms with E-state index >= 15 is 0 Å². The van der Waals surface area contributed by atoms with Gasteiger partial charge in [0.15, 0.2) is 11.7 Å². The highest BCUT2D eigenvalue weighted by atomic mass is 32.2. The minimum absolute atomic E-state index is 0.266. The van der Waals surface area contributed by atoms with Gasteiger partial charge in [-0.15, -0.1) is 0 Å². The quantitative estimate of drug-likeness (QED) is 0.657. The number of carbonyl (C=O) groups is 1. The number of anilines is 1. The van der Waals surface area contributed by atoms with E-state index in [0.29, 0.717) is 18.2 Å². The molecule has 1 aliphatic heterocycles. The van der Waals surface area contributed by atoms with Crippen LogP contribution in [0.4, 0.5) is 5.69 Å². The molecule has 2 aromatic rings. The number of carbonyl (C=O) groups excluding carboxylic acids is 1. The monoisotopic (exact) mass is 344 g/mol. The fraction of sp³-hybridized carbons (Fsp3) is 0.294. The molecule has 1 fully saturated rings. The Morgan fingerprint density at radius 3 is 2.67 bits per heavy atom. The number of hydrogen-bond donors (Lipinski definition) is 2. The number of nitrogens with one attached hydrogen (secondary N) is 1. The molecule has 0 spiro atoms. The van der Waals surface area contributed by atoms with Crippen molar-refractivity contribution in [3.8, 4) is 0 Å². The van der Waals surface area contributed by atoms with Crippen LogP contribution in [-0.4, -0.2) is 41.4 Å². The number of amides is 1. The second-order valence-electron chi connectivity index (χ2n) is 5.40. The SMILES string of the molecule is NC(=NCc1ccc(NC(=O)c2ccco2)cc1)N1CCSCC1. The molecule has 1 aromatic heterocycles. The van der Waals surface area contributed by atoms with Crippen LogP contribution >= 0.6 is 11.8 Å². The van der Waals surface area contributed by atoms with Gasteiger partial charge in [0.2, 0.25) is 0 Å². The van der Waals surface area contributed by atoms with Gasteiger partial charge in [-0.3, -0.25) is 4.79 Å². The van der Waals surface area contributed by atoms with E-state index in [2.05, 4.69) is 15.2 Å². The standard InChI is InChI=1S/C17H20N4O2S/c18-17(21-7-10-24-11-8-21)19-12-13-3-5-14(6-4-13)20-16(22)15-2-1-9-23-15/h1-6,9H,7-8,10-12H2,(H2,18,19)(H,20,22). The van der Waals surface area contributed by atoms with Gasteiger partial charge in [0.1, 0.15) is 0 Å². The molecule has 24 heavy (non-hydrogen) atoms. The Morgan fingerprint density at radius 1 is 1.25 bits per heavy atom. The number of nitrogens with zero attached hydrogens (tertiary/aromatic N) is 2. The molecule has 2 heterocycles. The lowest BCUT2D eigenvalue weighted by molar-refractivity contribution is 0.0996. The van der Waals surface area contributed by atoms with Gasteiger partial charge in [0.05, 0.1) is 12.8 Å². The van der Waals surface area contributed by atoms with Gasteiger partial charge in [-0.25, -0.2) is 4.99 Å². The van der Waals surface area contributed by atoms with Crippen LogP contribution in [0.5, 0.6) is 0 Å². The lowest BCUT2D eigenvalue weighted by Crippen LogP contribution is -2.42. The van der Waals surface area contributed by atoms with Crippen LogP contribution in [0.3, 0.4) is 0 Å². The molecule has 1 aromatic carbocycles. The predicted octanol–water partition coefficient (Wildman–Crippen LogP) is 2.40. The summed E-state index contributed by atoms with van der Waals surface area (Å²) < 4.78 is 5.06. The van der Waals surface area contributed by atoms with Crippen molar-refractivity contribution in [2.24, 2.45) is 10.7 Å². The van der Waals surface area contributed by atoms with Crippen LogP contribution in [0.25, 0.3) is 0 Å². The van der Waals surface area contributed by atoms with Crippen molar-refractivity contribution in [2.45, 2.75) is 6.54 Å². The Bertz CT molecular complexity index is 692. The van der Waals surface area contributed by atoms with Crippen LogP contribution in [0.2, 0.25) is 0 Å². The van der Waals surface area contributed by atoms with E-state index in [1.54, 1.807) is 12.1 Å². The highest BCUT2D eigenvalue weighted by molar-refractivity contribution is 7.99. The smallest absolute Gasteiger partial charge is 0.291 e. The second kappa shape index (κ2) is 7.92. The summed E-state index contributed by atoms with van der Waals surface area (Å²) in [7, 11) is 0. The van der Waals surface area contributed by atoms with Gasteiger partial charge >= 0.3 is 0 Å². The average molecular weight is 344 g/mol. The summed E-state index contributed by atoms with van der Waals surface area (Å²) in [6, 6.07) is 10.9. The molecule has 0 radical (unpaired) electrons. The van der Waals surface area contributed by atoms with Crippen molar-refractivity contribution < 1.29 is 9.21 Å². The van der Waals surface area contributed by atoms with Crippen molar-refractivity contribution in [3.63, 3.8) is 0 Å². The maximum Gasteiger partial charge on any atom is 0.291 e. The zero-order chi connectivity index (χ0) is 16.8. The fourth-order valence-electron chi connectivity index (χ4n) is 2.36. The van der Waals surface area contributed by atoms with E-state index in [1.807, 2.05) is 36.0 Å². The molecule has 0 aliphatic carbocycles. The van der Waals surface area contributed by atoms with Gasteiger partial charge in [-0.1, -0.05) is 12.1 Å². The van der Waals surface area contributed by atoms with Crippen molar-refractivity contribution in [3.05, 3.63) is 54.0 Å². The van der Waals surface area contributed by atoms with Gasteiger partial charge in [-0.2, -0.15) is 11.8 Å². The van der Waals surface area contributed by atoms with E-state index in [-0.39, 0.29) is 11.7 Å². The Morgan fingerprint density at radius 2 is 2.00 bits per heavy atom. The number of furan rings is 1. The number of rotatable bonds is 4. The number of benzene rings is 1. The Labute approximate surface area is 145 Å². The van der Waals surface area contributed by atoms with Crippen LogP contribution in [0, 0.1) is 0 Å². The van der Waals surface area contributed by atoms with Crippen molar-refractivity contribution in [1.29, 1.82) is 0 Å². The molecule has 126 valence electrons. The maximum absolute atomic E-state index is 11.9. The zero-order valence-corrected chi connectivity index (χ0v) is 14.1. The van der Waals surface area contributed by atoms with Crippen LogP contribution in [0.15, 0.2) is 52.1 Å². The molecule has 1 amide bonds. The summed E-state index contributed by atoms with van der Waals surface area (Å²) in [5, 5.41) is 2.78. The van der Waals surface area contributed by atoms with Crippen molar-refractivity contribution in [2.75, 3.05) is 29.9 Å². The summed E-state index contributed by atoms with van der Waals surface area (Å²) in [4.78, 5) is 18.5. The minimum atomic E-state index is -0.266. The van der Waals surface area contributed by atoms with Gasteiger partial charge < -0.3 is 20.4 Å². The zero-order valence-electron chi connectivity index (χ0n) is 13.3. The molecular weight excluding hydrogens is 324 g/mol. The lowest BCUT2D eigenvalue weighted by atomic mass is 10.2. The van der Waals surface area contributed by atoms with Crippen LogP contribution in [0.1, 0.15) is 16.1 Å². The van der Waals surface area contributed by atoms with Crippen LogP contribution < -0.4 is 11.1 Å². The van der Waals surface area contributed by atoms with E-state index in [9.17, 15) is 4.79 Å². The van der Waals surface area contributed by atoms with E-state index in [0.717, 1.165) is 30.2 Å². The summed E-state index contributed by atoms with van der Waals surface area (Å²) in [5.74, 6) is 2.82. The van der Waals surface area contributed by atoms with Gasteiger partial charge in [0, 0.05) is 30.3 Å². The lowest BCUT2D eigenvalue weighted by Gasteiger charge is -2.27. The average Bonchev–Trinajstić information content (AvgIpc) is 3.16. The molecule has 0 bridgehead atoms. The number of aliphatic imine (C=N–C) groups is 1. The highest BCUT2D eigenvalue weighted by Gasteiger charge is 2.12. The number of nitrogens with two attached hydrogens (primary N) is 1. The Kier molecular flexibility index (Phi) is 5.43. The van der Waals surface area contributed by atoms with Crippen molar-refractivity contribution >= 4 is 29.3 Å². The highest BCUT2D eigenvalue weighted by Crippen LogP contribution is 2.13. The summed E-state index contributed by atoms with van der Waals surface area (Å²) in [5.41, 5.74) is 7.80. The van der Waals surface area contributed by atoms with E-state index < -0.39 is 0 Å². The van der Waals surface area contributed by atoms with Gasteiger partial charge in [-0.05, 0) is 29.8 Å². The summed E-state index contributed by atoms with van der Waals surface area (Å²) in [6.07, 6.45) is 1.47. The third-order valence-electron chi connectivity index (χ3n) is 3.72. The number of hydrogen-bond acceptors (Lipinski definition) is 4. The topological polar surface area (TPSA) is 83.9 Å². The Balaban J connectivity index is 1.55. The third-order valence-corrected chi connectivity index (χ3v) is 4.66. The largest absolute Gasteiger partial charge is 0.459 e. The summed E-state index contributed by atoms with van der Waals surface area (Å²) in [6.45, 7) is 2.44. The van der Waals surface area contributed by atoms with E-state index in [1.165, 1.54) is 6.26 Å². The molecule has 1 saturated heterocycles. The number of thioether (sulfide) groups is 1. The maximum atomic E-state index is 11.9. The molecular formula is C17H20N4O2S. The molecule has 7 heteroatoms. The minimum Gasteiger partial charge on any atom is -0.459 e. The molecule has 6 nitrogen and oxygen atoms in total. The van der Waals surface area contributed by atoms with Crippen molar-refractivity contribution in [1.82, 2.24) is 4.90 Å². The first-order chi connectivity index (χ1) is 11.7. The fourth-order valence-corrected chi connectivity index (χ4v) is 3.26. The molecule has 0 unspecified atom stereocenters. The third kappa shape index (κ3) is 4.32. The first-order valence-corrected chi connectivity index (χ1v) is 8.94. The Hall–Kier alpha value is -2.41. The first kappa shape index (κ1) is 16.4. The molecule has 3 N–H and O–H groups in total. The molecule has 1 aliphatic rings. The molecule has 0 saturated carbocycles. The predicted molar refractivity (Wildman–Crippen MR) is 97.3 cm³/mol. The number of guanidine groups is 1. The first-order valence-electron chi connectivity index (χ1n) is 7.79. The molecule has 3 rings (SSSR count). The van der Waals surface area contributed by atoms with E-state index in [4.69, 9.17) is 10.2 Å². The van der Waals surface area contributed by atoms with Gasteiger partial charge in [0.25, 0.3) is 5.91 Å².